The fourth-order valence-corrected chi connectivity index (χ4v) is 2.23. The van der Waals surface area contributed by atoms with Crippen molar-refractivity contribution < 1.29 is 9.59 Å². The first-order valence-electron chi connectivity index (χ1n) is 5.49. The zero-order chi connectivity index (χ0) is 12.3. The fourth-order valence-electron chi connectivity index (χ4n) is 1.76. The third-order valence-corrected chi connectivity index (χ3v) is 3.41. The van der Waals surface area contributed by atoms with Gasteiger partial charge in [0, 0.05) is 23.5 Å². The first kappa shape index (κ1) is 12.1. The highest BCUT2D eigenvalue weighted by Crippen LogP contribution is 2.16. The van der Waals surface area contributed by atoms with Gasteiger partial charge in [-0.15, -0.1) is 0 Å². The Balaban J connectivity index is 1.98. The molecular weight excluding hydrogens is 284 g/mol. The number of hydrogen-bond acceptors (Lipinski definition) is 2. The second-order valence-electron chi connectivity index (χ2n) is 3.99. The lowest BCUT2D eigenvalue weighted by Gasteiger charge is -2.23. The van der Waals surface area contributed by atoms with Crippen LogP contribution >= 0.6 is 15.9 Å². The van der Waals surface area contributed by atoms with Crippen molar-refractivity contribution >= 4 is 27.7 Å². The molecule has 2 rings (SSSR count). The van der Waals surface area contributed by atoms with E-state index in [2.05, 4.69) is 26.6 Å². The van der Waals surface area contributed by atoms with E-state index in [-0.39, 0.29) is 17.9 Å². The molecule has 0 aliphatic carbocycles. The first-order valence-corrected chi connectivity index (χ1v) is 6.28. The number of rotatable bonds is 2. The highest BCUT2D eigenvalue weighted by Gasteiger charge is 2.20. The van der Waals surface area contributed by atoms with Gasteiger partial charge >= 0.3 is 0 Å². The molecule has 1 aliphatic heterocycles. The Kier molecular flexibility index (Phi) is 3.78. The number of nitrogens with one attached hydrogen (secondary N) is 2. The van der Waals surface area contributed by atoms with Crippen LogP contribution in [0, 0.1) is 0 Å². The Morgan fingerprint density at radius 1 is 1.41 bits per heavy atom. The molecule has 0 spiro atoms. The van der Waals surface area contributed by atoms with Crippen LogP contribution in [0.2, 0.25) is 0 Å². The molecule has 1 saturated heterocycles. The van der Waals surface area contributed by atoms with E-state index in [1.807, 2.05) is 18.2 Å². The minimum absolute atomic E-state index is 0.0207. The highest BCUT2D eigenvalue weighted by atomic mass is 79.9. The third-order valence-electron chi connectivity index (χ3n) is 2.72. The number of carbonyl (C=O) groups is 2. The van der Waals surface area contributed by atoms with E-state index in [0.29, 0.717) is 24.9 Å². The Hall–Kier alpha value is -1.36. The molecule has 2 N–H and O–H groups in total. The number of piperidine rings is 1. The molecule has 0 bridgehead atoms. The van der Waals surface area contributed by atoms with Crippen molar-refractivity contribution in [3.63, 3.8) is 0 Å². The molecular formula is C12H13BrN2O2. The lowest BCUT2D eigenvalue weighted by Crippen LogP contribution is -2.47. The van der Waals surface area contributed by atoms with Crippen molar-refractivity contribution in [2.24, 2.45) is 0 Å². The molecule has 0 radical (unpaired) electrons. The summed E-state index contributed by atoms with van der Waals surface area (Å²) in [6.45, 7) is 0.509. The Labute approximate surface area is 108 Å². The molecule has 2 amide bonds. The molecule has 0 saturated carbocycles. The lowest BCUT2D eigenvalue weighted by atomic mass is 10.1. The smallest absolute Gasteiger partial charge is 0.252 e. The standard InChI is InChI=1S/C12H13BrN2O2/c13-10-4-2-1-3-9(10)12(17)15-8-5-6-11(16)14-7-8/h1-4,8H,5-7H2,(H,14,16)(H,15,17)/t8-/m0/s1. The molecule has 90 valence electrons. The van der Waals surface area contributed by atoms with Crippen LogP contribution in [0.4, 0.5) is 0 Å². The summed E-state index contributed by atoms with van der Waals surface area (Å²) in [6.07, 6.45) is 1.17. The quantitative estimate of drug-likeness (QED) is 0.868. The normalized spacial score (nSPS) is 19.6. The monoisotopic (exact) mass is 296 g/mol. The molecule has 4 nitrogen and oxygen atoms in total. The minimum Gasteiger partial charge on any atom is -0.354 e. The molecule has 1 atom stereocenters. The van der Waals surface area contributed by atoms with Crippen molar-refractivity contribution in [1.29, 1.82) is 0 Å². The third kappa shape index (κ3) is 3.06. The van der Waals surface area contributed by atoms with Crippen LogP contribution in [0.3, 0.4) is 0 Å². The molecule has 0 aromatic heterocycles. The maximum atomic E-state index is 12.0. The van der Waals surface area contributed by atoms with Crippen molar-refractivity contribution in [3.05, 3.63) is 34.3 Å². The Morgan fingerprint density at radius 3 is 2.82 bits per heavy atom. The van der Waals surface area contributed by atoms with Gasteiger partial charge in [0.05, 0.1) is 5.56 Å². The predicted molar refractivity (Wildman–Crippen MR) is 67.6 cm³/mol. The van der Waals surface area contributed by atoms with Crippen molar-refractivity contribution in [2.75, 3.05) is 6.54 Å². The van der Waals surface area contributed by atoms with Crippen molar-refractivity contribution in [1.82, 2.24) is 10.6 Å². The maximum Gasteiger partial charge on any atom is 0.252 e. The molecule has 1 aliphatic rings. The molecule has 1 fully saturated rings. The summed E-state index contributed by atoms with van der Waals surface area (Å²) in [5, 5.41) is 5.65. The van der Waals surface area contributed by atoms with Crippen LogP contribution in [-0.4, -0.2) is 24.4 Å². The van der Waals surface area contributed by atoms with Crippen LogP contribution in [0.5, 0.6) is 0 Å². The summed E-state index contributed by atoms with van der Waals surface area (Å²) in [5.41, 5.74) is 0.615. The zero-order valence-electron chi connectivity index (χ0n) is 9.20. The van der Waals surface area contributed by atoms with E-state index in [4.69, 9.17) is 0 Å². The molecule has 0 unspecified atom stereocenters. The lowest BCUT2D eigenvalue weighted by molar-refractivity contribution is -0.122. The highest BCUT2D eigenvalue weighted by molar-refractivity contribution is 9.10. The van der Waals surface area contributed by atoms with Gasteiger partial charge in [0.15, 0.2) is 0 Å². The van der Waals surface area contributed by atoms with Gasteiger partial charge in [-0.1, -0.05) is 12.1 Å². The van der Waals surface area contributed by atoms with E-state index in [0.717, 1.165) is 4.47 Å². The average molecular weight is 297 g/mol. The Morgan fingerprint density at radius 2 is 2.18 bits per heavy atom. The van der Waals surface area contributed by atoms with E-state index in [9.17, 15) is 9.59 Å². The van der Waals surface area contributed by atoms with Gasteiger partial charge in [-0.25, -0.2) is 0 Å². The van der Waals surface area contributed by atoms with Gasteiger partial charge < -0.3 is 10.6 Å². The van der Waals surface area contributed by atoms with Gasteiger partial charge in [-0.3, -0.25) is 9.59 Å². The minimum atomic E-state index is -0.112. The van der Waals surface area contributed by atoms with Gasteiger partial charge in [0.1, 0.15) is 0 Å². The van der Waals surface area contributed by atoms with Gasteiger partial charge in [-0.05, 0) is 34.5 Å². The summed E-state index contributed by atoms with van der Waals surface area (Å²) in [4.78, 5) is 22.9. The van der Waals surface area contributed by atoms with Crippen molar-refractivity contribution in [3.8, 4) is 0 Å². The number of halogens is 1. The average Bonchev–Trinajstić information content (AvgIpc) is 2.32. The summed E-state index contributed by atoms with van der Waals surface area (Å²) in [6, 6.07) is 7.30. The van der Waals surface area contributed by atoms with Crippen LogP contribution in [0.1, 0.15) is 23.2 Å². The van der Waals surface area contributed by atoms with E-state index >= 15 is 0 Å². The molecule has 1 aromatic rings. The van der Waals surface area contributed by atoms with Crippen LogP contribution in [0.25, 0.3) is 0 Å². The maximum absolute atomic E-state index is 12.0. The van der Waals surface area contributed by atoms with Crippen LogP contribution < -0.4 is 10.6 Å². The topological polar surface area (TPSA) is 58.2 Å². The van der Waals surface area contributed by atoms with Crippen molar-refractivity contribution in [2.45, 2.75) is 18.9 Å². The van der Waals surface area contributed by atoms with E-state index < -0.39 is 0 Å². The number of amides is 2. The van der Waals surface area contributed by atoms with E-state index in [1.165, 1.54) is 0 Å². The van der Waals surface area contributed by atoms with Gasteiger partial charge in [0.25, 0.3) is 5.91 Å². The second-order valence-corrected chi connectivity index (χ2v) is 4.85. The van der Waals surface area contributed by atoms with Gasteiger partial charge in [0.2, 0.25) is 5.91 Å². The predicted octanol–water partition coefficient (Wildman–Crippen LogP) is 1.46. The largest absolute Gasteiger partial charge is 0.354 e. The second kappa shape index (κ2) is 5.31. The fraction of sp³-hybridized carbons (Fsp3) is 0.333. The number of hydrogen-bond donors (Lipinski definition) is 2. The molecule has 17 heavy (non-hydrogen) atoms. The first-order chi connectivity index (χ1) is 8.16. The summed E-state index contributed by atoms with van der Waals surface area (Å²) < 4.78 is 0.775. The summed E-state index contributed by atoms with van der Waals surface area (Å²) in [7, 11) is 0. The van der Waals surface area contributed by atoms with Crippen LogP contribution in [0.15, 0.2) is 28.7 Å². The zero-order valence-corrected chi connectivity index (χ0v) is 10.8. The number of benzene rings is 1. The van der Waals surface area contributed by atoms with Crippen LogP contribution in [-0.2, 0) is 4.79 Å². The SMILES string of the molecule is O=C1CC[C@H](NC(=O)c2ccccc2Br)CN1. The Bertz CT molecular complexity index is 438. The summed E-state index contributed by atoms with van der Waals surface area (Å²) >= 11 is 3.34. The van der Waals surface area contributed by atoms with E-state index in [1.54, 1.807) is 6.07 Å². The van der Waals surface area contributed by atoms with Gasteiger partial charge in [-0.2, -0.15) is 0 Å². The summed E-state index contributed by atoms with van der Waals surface area (Å²) in [5.74, 6) is -0.0602. The molecule has 1 aromatic carbocycles. The number of carbonyl (C=O) groups excluding carboxylic acids is 2. The molecule has 5 heteroatoms. The molecule has 1 heterocycles.